The summed E-state index contributed by atoms with van der Waals surface area (Å²) >= 11 is 0. The summed E-state index contributed by atoms with van der Waals surface area (Å²) in [6, 6.07) is 1.86. The molecule has 1 N–H and O–H groups in total. The SMILES string of the molecule is O=C(N[C@H]1CN2CCC1CC2)c1ccc(C(F)(F)F)o1. The van der Waals surface area contributed by atoms with Crippen molar-refractivity contribution in [3.05, 3.63) is 23.7 Å². The number of nitrogens with zero attached hydrogens (tertiary/aromatic N) is 1. The molecule has 7 heteroatoms. The first-order valence-corrected chi connectivity index (χ1v) is 6.64. The number of alkyl halides is 3. The Balaban J connectivity index is 1.66. The van der Waals surface area contributed by atoms with Crippen LogP contribution in [0, 0.1) is 5.92 Å². The van der Waals surface area contributed by atoms with Crippen molar-refractivity contribution in [3.63, 3.8) is 0 Å². The lowest BCUT2D eigenvalue weighted by molar-refractivity contribution is -0.153. The molecule has 1 aromatic rings. The molecule has 3 aliphatic heterocycles. The average molecular weight is 288 g/mol. The van der Waals surface area contributed by atoms with E-state index >= 15 is 0 Å². The Hall–Kier alpha value is -1.50. The van der Waals surface area contributed by atoms with Crippen molar-refractivity contribution >= 4 is 5.91 Å². The Morgan fingerprint density at radius 1 is 1.30 bits per heavy atom. The highest BCUT2D eigenvalue weighted by Crippen LogP contribution is 2.31. The van der Waals surface area contributed by atoms with E-state index in [-0.39, 0.29) is 11.8 Å². The van der Waals surface area contributed by atoms with Gasteiger partial charge in [0.15, 0.2) is 5.76 Å². The molecule has 0 unspecified atom stereocenters. The average Bonchev–Trinajstić information content (AvgIpc) is 2.89. The summed E-state index contributed by atoms with van der Waals surface area (Å²) < 4.78 is 41.8. The van der Waals surface area contributed by atoms with E-state index in [4.69, 9.17) is 0 Å². The Morgan fingerprint density at radius 2 is 2.00 bits per heavy atom. The maximum Gasteiger partial charge on any atom is 0.449 e. The predicted molar refractivity (Wildman–Crippen MR) is 64.1 cm³/mol. The summed E-state index contributed by atoms with van der Waals surface area (Å²) in [6.45, 7) is 2.84. The van der Waals surface area contributed by atoms with Gasteiger partial charge in [0.25, 0.3) is 5.91 Å². The largest absolute Gasteiger partial charge is 0.449 e. The second kappa shape index (κ2) is 4.80. The Bertz CT molecular complexity index is 504. The first kappa shape index (κ1) is 13.5. The van der Waals surface area contributed by atoms with Crippen molar-refractivity contribution in [2.75, 3.05) is 19.6 Å². The zero-order valence-electron chi connectivity index (χ0n) is 10.7. The third kappa shape index (κ3) is 2.54. The molecule has 0 spiro atoms. The van der Waals surface area contributed by atoms with E-state index in [1.165, 1.54) is 0 Å². The summed E-state index contributed by atoms with van der Waals surface area (Å²) in [4.78, 5) is 14.2. The number of rotatable bonds is 2. The number of carbonyl (C=O) groups excluding carboxylic acids is 1. The Labute approximate surface area is 113 Å². The molecule has 2 bridgehead atoms. The van der Waals surface area contributed by atoms with Crippen molar-refractivity contribution in [3.8, 4) is 0 Å². The smallest absolute Gasteiger partial charge is 0.446 e. The van der Waals surface area contributed by atoms with Gasteiger partial charge in [-0.05, 0) is 44.0 Å². The molecule has 0 saturated carbocycles. The van der Waals surface area contributed by atoms with Gasteiger partial charge in [-0.15, -0.1) is 0 Å². The fraction of sp³-hybridized carbons (Fsp3) is 0.615. The lowest BCUT2D eigenvalue weighted by atomic mass is 9.84. The van der Waals surface area contributed by atoms with Crippen LogP contribution in [0.3, 0.4) is 0 Å². The topological polar surface area (TPSA) is 45.5 Å². The second-order valence-electron chi connectivity index (χ2n) is 5.38. The molecule has 3 fully saturated rings. The van der Waals surface area contributed by atoms with Gasteiger partial charge in [0.05, 0.1) is 0 Å². The van der Waals surface area contributed by atoms with Gasteiger partial charge in [0, 0.05) is 12.6 Å². The summed E-state index contributed by atoms with van der Waals surface area (Å²) in [5.74, 6) is -1.58. The standard InChI is InChI=1S/C13H15F3N2O2/c14-13(15,16)11-2-1-10(20-11)12(19)17-9-7-18-5-3-8(9)4-6-18/h1-2,8-9H,3-7H2,(H,17,19)/t9-/m0/s1. The van der Waals surface area contributed by atoms with Gasteiger partial charge >= 0.3 is 6.18 Å². The van der Waals surface area contributed by atoms with E-state index in [1.807, 2.05) is 0 Å². The molecule has 4 rings (SSSR count). The highest BCUT2D eigenvalue weighted by molar-refractivity contribution is 5.91. The number of carbonyl (C=O) groups is 1. The van der Waals surface area contributed by atoms with E-state index < -0.39 is 17.8 Å². The van der Waals surface area contributed by atoms with Crippen molar-refractivity contribution in [1.29, 1.82) is 0 Å². The van der Waals surface area contributed by atoms with Gasteiger partial charge in [0.2, 0.25) is 5.76 Å². The summed E-state index contributed by atoms with van der Waals surface area (Å²) in [6.07, 6.45) is -2.51. The van der Waals surface area contributed by atoms with Crippen LogP contribution in [0.25, 0.3) is 0 Å². The summed E-state index contributed by atoms with van der Waals surface area (Å²) in [5, 5.41) is 2.79. The molecule has 20 heavy (non-hydrogen) atoms. The lowest BCUT2D eigenvalue weighted by Crippen LogP contribution is -2.57. The van der Waals surface area contributed by atoms with Crippen LogP contribution in [-0.4, -0.2) is 36.5 Å². The molecule has 1 amide bonds. The molecule has 110 valence electrons. The minimum Gasteiger partial charge on any atom is -0.446 e. The van der Waals surface area contributed by atoms with Gasteiger partial charge < -0.3 is 14.6 Å². The number of halogens is 3. The number of fused-ring (bicyclic) bond motifs is 3. The molecule has 1 atom stereocenters. The van der Waals surface area contributed by atoms with Gasteiger partial charge in [-0.3, -0.25) is 4.79 Å². The predicted octanol–water partition coefficient (Wildman–Crippen LogP) is 2.12. The van der Waals surface area contributed by atoms with Crippen LogP contribution in [-0.2, 0) is 6.18 Å². The first-order valence-electron chi connectivity index (χ1n) is 6.64. The van der Waals surface area contributed by atoms with E-state index in [9.17, 15) is 18.0 Å². The van der Waals surface area contributed by atoms with Crippen molar-refractivity contribution in [2.24, 2.45) is 5.92 Å². The van der Waals surface area contributed by atoms with E-state index in [0.29, 0.717) is 5.92 Å². The minimum atomic E-state index is -4.56. The molecule has 4 heterocycles. The van der Waals surface area contributed by atoms with E-state index in [2.05, 4.69) is 14.6 Å². The van der Waals surface area contributed by atoms with Crippen LogP contribution >= 0.6 is 0 Å². The number of piperidine rings is 3. The highest BCUT2D eigenvalue weighted by Gasteiger charge is 2.37. The first-order chi connectivity index (χ1) is 9.43. The van der Waals surface area contributed by atoms with Crippen LogP contribution in [0.15, 0.2) is 16.5 Å². The number of nitrogens with one attached hydrogen (secondary N) is 1. The summed E-state index contributed by atoms with van der Waals surface area (Å²) in [7, 11) is 0. The highest BCUT2D eigenvalue weighted by atomic mass is 19.4. The van der Waals surface area contributed by atoms with E-state index in [1.54, 1.807) is 0 Å². The lowest BCUT2D eigenvalue weighted by Gasteiger charge is -2.44. The zero-order chi connectivity index (χ0) is 14.3. The monoisotopic (exact) mass is 288 g/mol. The van der Waals surface area contributed by atoms with Crippen LogP contribution in [0.1, 0.15) is 29.2 Å². The fourth-order valence-corrected chi connectivity index (χ4v) is 2.98. The molecular formula is C13H15F3N2O2. The van der Waals surface area contributed by atoms with Crippen molar-refractivity contribution in [2.45, 2.75) is 25.1 Å². The molecule has 0 aromatic carbocycles. The third-order valence-electron chi connectivity index (χ3n) is 4.08. The molecule has 4 nitrogen and oxygen atoms in total. The molecule has 0 radical (unpaired) electrons. The van der Waals surface area contributed by atoms with E-state index in [0.717, 1.165) is 44.6 Å². The maximum atomic E-state index is 12.4. The van der Waals surface area contributed by atoms with Crippen molar-refractivity contribution < 1.29 is 22.4 Å². The maximum absolute atomic E-state index is 12.4. The third-order valence-corrected chi connectivity index (χ3v) is 4.08. The van der Waals surface area contributed by atoms with Gasteiger partial charge in [-0.2, -0.15) is 13.2 Å². The number of furan rings is 1. The second-order valence-corrected chi connectivity index (χ2v) is 5.38. The van der Waals surface area contributed by atoms with Gasteiger partial charge in [0.1, 0.15) is 0 Å². The molecule has 1 aromatic heterocycles. The van der Waals surface area contributed by atoms with Crippen LogP contribution in [0.5, 0.6) is 0 Å². The van der Waals surface area contributed by atoms with Crippen LogP contribution in [0.2, 0.25) is 0 Å². The quantitative estimate of drug-likeness (QED) is 0.906. The Kier molecular flexibility index (Phi) is 3.24. The van der Waals surface area contributed by atoms with Crippen molar-refractivity contribution in [1.82, 2.24) is 10.2 Å². The fourth-order valence-electron chi connectivity index (χ4n) is 2.98. The molecule has 0 aliphatic carbocycles. The minimum absolute atomic E-state index is 0.00411. The van der Waals surface area contributed by atoms with Gasteiger partial charge in [-0.1, -0.05) is 0 Å². The molecular weight excluding hydrogens is 273 g/mol. The molecule has 3 aliphatic rings. The number of hydrogen-bond acceptors (Lipinski definition) is 3. The van der Waals surface area contributed by atoms with Gasteiger partial charge in [-0.25, -0.2) is 0 Å². The normalized spacial score (nSPS) is 29.4. The number of hydrogen-bond donors (Lipinski definition) is 1. The zero-order valence-corrected chi connectivity index (χ0v) is 10.7. The summed E-state index contributed by atoms with van der Waals surface area (Å²) in [5.41, 5.74) is 0. The molecule has 3 saturated heterocycles. The number of amides is 1. The van der Waals surface area contributed by atoms with Crippen LogP contribution in [0.4, 0.5) is 13.2 Å². The Morgan fingerprint density at radius 3 is 2.50 bits per heavy atom. The van der Waals surface area contributed by atoms with Crippen LogP contribution < -0.4 is 5.32 Å².